The van der Waals surface area contributed by atoms with Crippen LogP contribution in [0.25, 0.3) is 0 Å². The second-order valence-corrected chi connectivity index (χ2v) is 4.24. The number of rotatable bonds is 6. The first kappa shape index (κ1) is 13.8. The molecule has 0 aliphatic heterocycles. The number of benzene rings is 1. The minimum absolute atomic E-state index is 0.162. The van der Waals surface area contributed by atoms with Crippen LogP contribution >= 0.6 is 0 Å². The summed E-state index contributed by atoms with van der Waals surface area (Å²) in [6.45, 7) is 5.63. The van der Waals surface area contributed by atoms with Crippen LogP contribution in [0, 0.1) is 6.92 Å². The van der Waals surface area contributed by atoms with Gasteiger partial charge in [0, 0.05) is 19.1 Å². The van der Waals surface area contributed by atoms with Gasteiger partial charge in [-0.2, -0.15) is 0 Å². The summed E-state index contributed by atoms with van der Waals surface area (Å²) in [6, 6.07) is 4.15. The number of hydrogen-bond donors (Lipinski definition) is 2. The van der Waals surface area contributed by atoms with E-state index < -0.39 is 0 Å². The third-order valence-electron chi connectivity index (χ3n) is 2.62. The van der Waals surface area contributed by atoms with Crippen LogP contribution in [0.3, 0.4) is 0 Å². The van der Waals surface area contributed by atoms with Gasteiger partial charge in [0.2, 0.25) is 0 Å². The maximum absolute atomic E-state index is 5.69. The van der Waals surface area contributed by atoms with Gasteiger partial charge in [-0.1, -0.05) is 0 Å². The topological polar surface area (TPSA) is 56.5 Å². The van der Waals surface area contributed by atoms with Crippen molar-refractivity contribution in [3.05, 3.63) is 23.3 Å². The lowest BCUT2D eigenvalue weighted by molar-refractivity contribution is 0.354. The lowest BCUT2D eigenvalue weighted by Gasteiger charge is -2.14. The SMILES string of the molecule is COc1cc(C)c(CNCC(C)N)cc1OC. The molecule has 0 heterocycles. The fourth-order valence-corrected chi connectivity index (χ4v) is 1.65. The number of ether oxygens (including phenoxy) is 2. The molecule has 0 saturated heterocycles. The lowest BCUT2D eigenvalue weighted by Crippen LogP contribution is -2.30. The first-order valence-corrected chi connectivity index (χ1v) is 5.76. The average molecular weight is 238 g/mol. The molecule has 1 unspecified atom stereocenters. The molecule has 0 fully saturated rings. The van der Waals surface area contributed by atoms with Crippen LogP contribution in [-0.2, 0) is 6.54 Å². The van der Waals surface area contributed by atoms with Gasteiger partial charge in [-0.05, 0) is 37.1 Å². The fourth-order valence-electron chi connectivity index (χ4n) is 1.65. The maximum atomic E-state index is 5.69. The number of nitrogens with two attached hydrogens (primary N) is 1. The summed E-state index contributed by atoms with van der Waals surface area (Å²) in [6.07, 6.45) is 0. The summed E-state index contributed by atoms with van der Waals surface area (Å²) < 4.78 is 10.5. The predicted octanol–water partition coefficient (Wildman–Crippen LogP) is 1.45. The highest BCUT2D eigenvalue weighted by molar-refractivity contribution is 5.46. The molecule has 1 aromatic carbocycles. The van der Waals surface area contributed by atoms with Crippen molar-refractivity contribution >= 4 is 0 Å². The van der Waals surface area contributed by atoms with E-state index in [0.29, 0.717) is 0 Å². The standard InChI is InChI=1S/C13H22N2O2/c1-9-5-12(16-3)13(17-4)6-11(9)8-15-7-10(2)14/h5-6,10,15H,7-8,14H2,1-4H3. The summed E-state index contributed by atoms with van der Waals surface area (Å²) in [5.74, 6) is 1.52. The molecule has 0 aliphatic carbocycles. The van der Waals surface area contributed by atoms with Gasteiger partial charge in [0.1, 0.15) is 0 Å². The van der Waals surface area contributed by atoms with E-state index in [0.717, 1.165) is 24.6 Å². The van der Waals surface area contributed by atoms with Crippen molar-refractivity contribution in [2.24, 2.45) is 5.73 Å². The van der Waals surface area contributed by atoms with E-state index >= 15 is 0 Å². The molecule has 96 valence electrons. The molecule has 4 nitrogen and oxygen atoms in total. The predicted molar refractivity (Wildman–Crippen MR) is 69.6 cm³/mol. The Bertz CT molecular complexity index is 365. The molecular weight excluding hydrogens is 216 g/mol. The summed E-state index contributed by atoms with van der Waals surface area (Å²) >= 11 is 0. The van der Waals surface area contributed by atoms with E-state index in [2.05, 4.69) is 12.2 Å². The molecule has 3 N–H and O–H groups in total. The van der Waals surface area contributed by atoms with Gasteiger partial charge in [-0.15, -0.1) is 0 Å². The summed E-state index contributed by atoms with van der Waals surface area (Å²) in [7, 11) is 3.29. The van der Waals surface area contributed by atoms with Crippen molar-refractivity contribution in [1.29, 1.82) is 0 Å². The van der Waals surface area contributed by atoms with Gasteiger partial charge in [0.15, 0.2) is 11.5 Å². The van der Waals surface area contributed by atoms with Gasteiger partial charge in [-0.3, -0.25) is 0 Å². The molecule has 0 bridgehead atoms. The normalized spacial score (nSPS) is 12.3. The number of nitrogens with one attached hydrogen (secondary N) is 1. The Morgan fingerprint density at radius 3 is 2.35 bits per heavy atom. The van der Waals surface area contributed by atoms with E-state index in [1.165, 1.54) is 11.1 Å². The molecule has 0 aliphatic rings. The zero-order valence-electron chi connectivity index (χ0n) is 11.0. The van der Waals surface area contributed by atoms with Gasteiger partial charge >= 0.3 is 0 Å². The maximum Gasteiger partial charge on any atom is 0.161 e. The first-order valence-electron chi connectivity index (χ1n) is 5.76. The zero-order valence-corrected chi connectivity index (χ0v) is 11.0. The molecule has 1 rings (SSSR count). The fraction of sp³-hybridized carbons (Fsp3) is 0.538. The number of methoxy groups -OCH3 is 2. The van der Waals surface area contributed by atoms with E-state index in [1.807, 2.05) is 19.1 Å². The van der Waals surface area contributed by atoms with Gasteiger partial charge in [-0.25, -0.2) is 0 Å². The quantitative estimate of drug-likeness (QED) is 0.787. The van der Waals surface area contributed by atoms with Crippen molar-refractivity contribution in [3.63, 3.8) is 0 Å². The molecule has 0 amide bonds. The smallest absolute Gasteiger partial charge is 0.161 e. The summed E-state index contributed by atoms with van der Waals surface area (Å²) in [4.78, 5) is 0. The summed E-state index contributed by atoms with van der Waals surface area (Å²) in [5.41, 5.74) is 8.07. The Kier molecular flexibility index (Phi) is 5.25. The van der Waals surface area contributed by atoms with Crippen LogP contribution in [0.4, 0.5) is 0 Å². The summed E-state index contributed by atoms with van der Waals surface area (Å²) in [5, 5.41) is 3.31. The Morgan fingerprint density at radius 1 is 1.24 bits per heavy atom. The van der Waals surface area contributed by atoms with Crippen molar-refractivity contribution in [2.75, 3.05) is 20.8 Å². The highest BCUT2D eigenvalue weighted by Gasteiger charge is 2.08. The Labute approximate surface area is 103 Å². The molecule has 1 atom stereocenters. The molecule has 0 saturated carbocycles. The van der Waals surface area contributed by atoms with Crippen LogP contribution in [0.5, 0.6) is 11.5 Å². The van der Waals surface area contributed by atoms with E-state index in [1.54, 1.807) is 14.2 Å². The van der Waals surface area contributed by atoms with E-state index in [9.17, 15) is 0 Å². The molecule has 0 spiro atoms. The Hall–Kier alpha value is -1.26. The molecule has 1 aromatic rings. The minimum Gasteiger partial charge on any atom is -0.493 e. The number of hydrogen-bond acceptors (Lipinski definition) is 4. The van der Waals surface area contributed by atoms with Crippen molar-refractivity contribution < 1.29 is 9.47 Å². The second-order valence-electron chi connectivity index (χ2n) is 4.24. The molecule has 0 radical (unpaired) electrons. The van der Waals surface area contributed by atoms with E-state index in [4.69, 9.17) is 15.2 Å². The zero-order chi connectivity index (χ0) is 12.8. The second kappa shape index (κ2) is 6.47. The van der Waals surface area contributed by atoms with Gasteiger partial charge in [0.05, 0.1) is 14.2 Å². The number of aryl methyl sites for hydroxylation is 1. The average Bonchev–Trinajstić information content (AvgIpc) is 2.30. The first-order chi connectivity index (χ1) is 8.08. The Balaban J connectivity index is 2.78. The monoisotopic (exact) mass is 238 g/mol. The molecule has 17 heavy (non-hydrogen) atoms. The molecule has 0 aromatic heterocycles. The highest BCUT2D eigenvalue weighted by Crippen LogP contribution is 2.30. The van der Waals surface area contributed by atoms with Crippen molar-refractivity contribution in [1.82, 2.24) is 5.32 Å². The van der Waals surface area contributed by atoms with Crippen LogP contribution in [0.1, 0.15) is 18.1 Å². The van der Waals surface area contributed by atoms with Crippen LogP contribution < -0.4 is 20.5 Å². The lowest BCUT2D eigenvalue weighted by atomic mass is 10.1. The van der Waals surface area contributed by atoms with Gasteiger partial charge < -0.3 is 20.5 Å². The largest absolute Gasteiger partial charge is 0.493 e. The van der Waals surface area contributed by atoms with Gasteiger partial charge in [0.25, 0.3) is 0 Å². The van der Waals surface area contributed by atoms with Crippen LogP contribution in [-0.4, -0.2) is 26.8 Å². The van der Waals surface area contributed by atoms with E-state index in [-0.39, 0.29) is 6.04 Å². The third kappa shape index (κ3) is 3.91. The van der Waals surface area contributed by atoms with Crippen LogP contribution in [0.2, 0.25) is 0 Å². The molecular formula is C13H22N2O2. The Morgan fingerprint density at radius 2 is 1.82 bits per heavy atom. The van der Waals surface area contributed by atoms with Crippen molar-refractivity contribution in [2.45, 2.75) is 26.4 Å². The molecule has 4 heteroatoms. The minimum atomic E-state index is 0.162. The van der Waals surface area contributed by atoms with Crippen LogP contribution in [0.15, 0.2) is 12.1 Å². The highest BCUT2D eigenvalue weighted by atomic mass is 16.5. The van der Waals surface area contributed by atoms with Crippen molar-refractivity contribution in [3.8, 4) is 11.5 Å². The third-order valence-corrected chi connectivity index (χ3v) is 2.62.